The van der Waals surface area contributed by atoms with Crippen molar-refractivity contribution in [2.45, 2.75) is 106 Å². The van der Waals surface area contributed by atoms with E-state index in [0.717, 1.165) is 47.3 Å². The van der Waals surface area contributed by atoms with Crippen LogP contribution in [0.25, 0.3) is 0 Å². The Balaban J connectivity index is 0.000000910. The second-order valence-corrected chi connectivity index (χ2v) is 16.5. The van der Waals surface area contributed by atoms with Crippen molar-refractivity contribution in [1.29, 1.82) is 0 Å². The van der Waals surface area contributed by atoms with Crippen molar-refractivity contribution in [3.8, 4) is 0 Å². The molecule has 0 N–H and O–H groups in total. The summed E-state index contributed by atoms with van der Waals surface area (Å²) in [6.07, 6.45) is 15.4. The van der Waals surface area contributed by atoms with Crippen LogP contribution in [0.2, 0.25) is 0 Å². The van der Waals surface area contributed by atoms with Gasteiger partial charge in [0.05, 0.1) is 0 Å². The van der Waals surface area contributed by atoms with Gasteiger partial charge in [0.2, 0.25) is 0 Å². The Morgan fingerprint density at radius 2 is 1.06 bits per heavy atom. The fourth-order valence-electron chi connectivity index (χ4n) is 8.99. The molecule has 4 rings (SSSR count). The van der Waals surface area contributed by atoms with Crippen LogP contribution in [0.3, 0.4) is 0 Å². The molecule has 4 saturated carbocycles. The Hall–Kier alpha value is 1.46. The Labute approximate surface area is 215 Å². The van der Waals surface area contributed by atoms with Crippen LogP contribution in [-0.4, -0.2) is 0 Å². The molecule has 4 fully saturated rings. The molecule has 7 unspecified atom stereocenters. The molecule has 0 bridgehead atoms. The maximum atomic E-state index is 4.93. The van der Waals surface area contributed by atoms with Crippen molar-refractivity contribution in [2.24, 2.45) is 58.2 Å². The first kappa shape index (κ1) is 30.5. The molecule has 0 aromatic heterocycles. The fraction of sp³-hybridized carbons (Fsp3) is 0.929. The van der Waals surface area contributed by atoms with E-state index in [9.17, 15) is 0 Å². The average Bonchev–Trinajstić information content (AvgIpc) is 3.21. The maximum absolute atomic E-state index is 4.93. The Morgan fingerprint density at radius 1 is 0.677 bits per heavy atom. The summed E-state index contributed by atoms with van der Waals surface area (Å²) >= 11 is -0.826. The summed E-state index contributed by atoms with van der Waals surface area (Å²) in [5.41, 5.74) is 1.05. The molecule has 182 valence electrons. The van der Waals surface area contributed by atoms with Crippen LogP contribution in [0.5, 0.6) is 0 Å². The minimum absolute atomic E-state index is 0. The second kappa shape index (κ2) is 12.4. The standard InChI is InChI=1S/C26H46.2CH3.2ClH.Zr/c1-17-15-18(25(2,3)4)16-23(17)26(5,6)24-21-13-9-7-11-19(21)20-12-8-10-14-22(20)24;;;;;/h17-24H,7-16H2,1-6H3;2*1H3;2*1H;/q;2*-1;;;+4/p-2. The molecule has 0 aromatic rings. The van der Waals surface area contributed by atoms with E-state index in [2.05, 4.69) is 41.5 Å². The predicted octanol–water partition coefficient (Wildman–Crippen LogP) is 10.2. The van der Waals surface area contributed by atoms with Gasteiger partial charge in [-0.05, 0) is 96.7 Å². The summed E-state index contributed by atoms with van der Waals surface area (Å²) < 4.78 is 0. The molecular formula is C28H52Cl2Zr. The number of rotatable bonds is 2. The van der Waals surface area contributed by atoms with Gasteiger partial charge < -0.3 is 14.9 Å². The first-order valence-corrected chi connectivity index (χ1v) is 18.9. The van der Waals surface area contributed by atoms with Gasteiger partial charge in [0.1, 0.15) is 0 Å². The van der Waals surface area contributed by atoms with Crippen molar-refractivity contribution in [3.63, 3.8) is 0 Å². The van der Waals surface area contributed by atoms with Crippen molar-refractivity contribution in [1.82, 2.24) is 0 Å². The first-order valence-electron chi connectivity index (χ1n) is 12.6. The summed E-state index contributed by atoms with van der Waals surface area (Å²) in [7, 11) is 9.87. The Kier molecular flexibility index (Phi) is 12.2. The van der Waals surface area contributed by atoms with Gasteiger partial charge in [0, 0.05) is 0 Å². The van der Waals surface area contributed by atoms with E-state index < -0.39 is 20.8 Å². The Bertz CT molecular complexity index is 504. The van der Waals surface area contributed by atoms with Crippen LogP contribution < -0.4 is 0 Å². The van der Waals surface area contributed by atoms with E-state index in [1.54, 1.807) is 25.7 Å². The fourth-order valence-corrected chi connectivity index (χ4v) is 8.99. The summed E-state index contributed by atoms with van der Waals surface area (Å²) in [5.74, 6) is 8.22. The second-order valence-electron chi connectivity index (χ2n) is 12.8. The van der Waals surface area contributed by atoms with Crippen LogP contribution in [0, 0.1) is 73.0 Å². The van der Waals surface area contributed by atoms with E-state index in [0.29, 0.717) is 10.8 Å². The van der Waals surface area contributed by atoms with Gasteiger partial charge in [-0.2, -0.15) is 0 Å². The van der Waals surface area contributed by atoms with E-state index in [1.807, 2.05) is 0 Å². The van der Waals surface area contributed by atoms with E-state index in [-0.39, 0.29) is 14.9 Å². The van der Waals surface area contributed by atoms with E-state index >= 15 is 0 Å². The van der Waals surface area contributed by atoms with Crippen molar-refractivity contribution < 1.29 is 20.8 Å². The molecule has 0 aliphatic heterocycles. The summed E-state index contributed by atoms with van der Waals surface area (Å²) in [5, 5.41) is 0. The SMILES string of the molecule is CC1CC(C(C)(C)C)CC1C(C)(C)C1C2CCCCC2C2CCCCC21.[CH3-].[CH3-].[Cl][Zr+2][Cl]. The van der Waals surface area contributed by atoms with Gasteiger partial charge in [-0.15, -0.1) is 0 Å². The van der Waals surface area contributed by atoms with Gasteiger partial charge in [0.15, 0.2) is 0 Å². The summed E-state index contributed by atoms with van der Waals surface area (Å²) in [6, 6.07) is 0. The number of fused-ring (bicyclic) bond motifs is 3. The van der Waals surface area contributed by atoms with Gasteiger partial charge in [-0.3, -0.25) is 0 Å². The zero-order valence-corrected chi connectivity index (χ0v) is 25.9. The number of halogens is 2. The molecule has 0 heterocycles. The summed E-state index contributed by atoms with van der Waals surface area (Å²) in [6.45, 7) is 15.5. The molecule has 7 atom stereocenters. The van der Waals surface area contributed by atoms with Crippen LogP contribution in [0.15, 0.2) is 0 Å². The zero-order chi connectivity index (χ0) is 21.4. The molecule has 0 nitrogen and oxygen atoms in total. The Morgan fingerprint density at radius 3 is 1.42 bits per heavy atom. The number of hydrogen-bond acceptors (Lipinski definition) is 0. The third-order valence-electron chi connectivity index (χ3n) is 10.1. The first-order chi connectivity index (χ1) is 13.6. The average molecular weight is 551 g/mol. The molecular weight excluding hydrogens is 498 g/mol. The van der Waals surface area contributed by atoms with Crippen molar-refractivity contribution >= 4 is 17.0 Å². The normalized spacial score (nSPS) is 39.6. The van der Waals surface area contributed by atoms with Crippen LogP contribution >= 0.6 is 17.0 Å². The van der Waals surface area contributed by atoms with E-state index in [1.165, 1.54) is 38.5 Å². The van der Waals surface area contributed by atoms with Crippen LogP contribution in [-0.2, 0) is 20.8 Å². The van der Waals surface area contributed by atoms with Gasteiger partial charge in [0.25, 0.3) is 0 Å². The predicted molar refractivity (Wildman–Crippen MR) is 138 cm³/mol. The van der Waals surface area contributed by atoms with Gasteiger partial charge >= 0.3 is 37.9 Å². The monoisotopic (exact) mass is 548 g/mol. The van der Waals surface area contributed by atoms with Crippen molar-refractivity contribution in [3.05, 3.63) is 14.9 Å². The molecule has 4 aliphatic carbocycles. The number of hydrogen-bond donors (Lipinski definition) is 0. The molecule has 0 amide bonds. The van der Waals surface area contributed by atoms with Crippen LogP contribution in [0.1, 0.15) is 106 Å². The van der Waals surface area contributed by atoms with Gasteiger partial charge in [-0.1, -0.05) is 67.2 Å². The molecule has 0 radical (unpaired) electrons. The van der Waals surface area contributed by atoms with E-state index in [4.69, 9.17) is 17.0 Å². The topological polar surface area (TPSA) is 0 Å². The third-order valence-corrected chi connectivity index (χ3v) is 10.1. The quantitative estimate of drug-likeness (QED) is 0.300. The molecule has 0 aromatic carbocycles. The molecule has 3 heteroatoms. The van der Waals surface area contributed by atoms with Crippen molar-refractivity contribution in [2.75, 3.05) is 0 Å². The molecule has 0 spiro atoms. The van der Waals surface area contributed by atoms with Crippen LogP contribution in [0.4, 0.5) is 0 Å². The molecule has 4 aliphatic rings. The summed E-state index contributed by atoms with van der Waals surface area (Å²) in [4.78, 5) is 0. The van der Waals surface area contributed by atoms with Gasteiger partial charge in [-0.25, -0.2) is 0 Å². The zero-order valence-electron chi connectivity index (χ0n) is 21.9. The third kappa shape index (κ3) is 6.37. The minimum atomic E-state index is -0.826. The molecule has 31 heavy (non-hydrogen) atoms. The molecule has 0 saturated heterocycles.